The van der Waals surface area contributed by atoms with Crippen molar-refractivity contribution >= 4 is 0 Å². The lowest BCUT2D eigenvalue weighted by atomic mass is 9.95. The van der Waals surface area contributed by atoms with Gasteiger partial charge in [-0.1, -0.05) is 19.3 Å². The topological polar surface area (TPSA) is 38.0 Å². The van der Waals surface area contributed by atoms with Gasteiger partial charge in [0.1, 0.15) is 0 Å². The highest BCUT2D eigenvalue weighted by atomic mass is 14.9. The van der Waals surface area contributed by atoms with E-state index in [0.717, 1.165) is 19.0 Å². The molecule has 0 bridgehead atoms. The van der Waals surface area contributed by atoms with Gasteiger partial charge in [0.05, 0.1) is 0 Å². The summed E-state index contributed by atoms with van der Waals surface area (Å²) in [5.41, 5.74) is 5.67. The third kappa shape index (κ3) is 4.07. The molecule has 1 rings (SSSR count). The van der Waals surface area contributed by atoms with Crippen LogP contribution in [0.5, 0.6) is 0 Å². The molecule has 0 amide bonds. The highest BCUT2D eigenvalue weighted by Crippen LogP contribution is 2.17. The van der Waals surface area contributed by atoms with Crippen LogP contribution in [0.4, 0.5) is 0 Å². The van der Waals surface area contributed by atoms with Gasteiger partial charge in [-0.3, -0.25) is 0 Å². The van der Waals surface area contributed by atoms with E-state index in [0.29, 0.717) is 6.04 Å². The summed E-state index contributed by atoms with van der Waals surface area (Å²) in [5, 5.41) is 3.57. The maximum atomic E-state index is 5.67. The Hall–Kier alpha value is -0.0800. The molecule has 1 saturated carbocycles. The maximum Gasteiger partial charge on any atom is 0.00670 e. The van der Waals surface area contributed by atoms with Crippen LogP contribution in [0.1, 0.15) is 45.4 Å². The third-order valence-corrected chi connectivity index (χ3v) is 2.64. The Morgan fingerprint density at radius 3 is 2.58 bits per heavy atom. The molecule has 0 aromatic heterocycles. The summed E-state index contributed by atoms with van der Waals surface area (Å²) in [4.78, 5) is 0. The predicted molar refractivity (Wildman–Crippen MR) is 53.1 cm³/mol. The SMILES string of the molecule is CC(N)CCNC1CCCCC1. The predicted octanol–water partition coefficient (Wildman–Crippen LogP) is 1.65. The number of nitrogens with one attached hydrogen (secondary N) is 1. The van der Waals surface area contributed by atoms with Gasteiger partial charge in [-0.25, -0.2) is 0 Å². The molecule has 1 unspecified atom stereocenters. The molecule has 1 atom stereocenters. The number of hydrogen-bond acceptors (Lipinski definition) is 2. The molecule has 0 spiro atoms. The zero-order valence-corrected chi connectivity index (χ0v) is 8.18. The van der Waals surface area contributed by atoms with Crippen LogP contribution in [0.2, 0.25) is 0 Å². The van der Waals surface area contributed by atoms with Crippen LogP contribution in [-0.2, 0) is 0 Å². The zero-order chi connectivity index (χ0) is 8.81. The van der Waals surface area contributed by atoms with Crippen molar-refractivity contribution in [3.05, 3.63) is 0 Å². The van der Waals surface area contributed by atoms with Crippen LogP contribution in [0.3, 0.4) is 0 Å². The van der Waals surface area contributed by atoms with Gasteiger partial charge < -0.3 is 11.1 Å². The lowest BCUT2D eigenvalue weighted by Crippen LogP contribution is -2.34. The standard InChI is InChI=1S/C10H22N2/c1-9(11)7-8-12-10-5-3-2-4-6-10/h9-10,12H,2-8,11H2,1H3. The molecular formula is C10H22N2. The molecule has 0 aromatic carbocycles. The van der Waals surface area contributed by atoms with Gasteiger partial charge in [0.25, 0.3) is 0 Å². The molecular weight excluding hydrogens is 148 g/mol. The normalized spacial score (nSPS) is 22.5. The van der Waals surface area contributed by atoms with Crippen molar-refractivity contribution < 1.29 is 0 Å². The minimum atomic E-state index is 0.348. The summed E-state index contributed by atoms with van der Waals surface area (Å²) >= 11 is 0. The quantitative estimate of drug-likeness (QED) is 0.673. The van der Waals surface area contributed by atoms with Crippen molar-refractivity contribution in [3.8, 4) is 0 Å². The summed E-state index contributed by atoms with van der Waals surface area (Å²) in [5.74, 6) is 0. The van der Waals surface area contributed by atoms with Crippen molar-refractivity contribution in [3.63, 3.8) is 0 Å². The molecule has 0 heterocycles. The van der Waals surface area contributed by atoms with Crippen molar-refractivity contribution in [2.75, 3.05) is 6.54 Å². The van der Waals surface area contributed by atoms with Gasteiger partial charge in [-0.05, 0) is 32.7 Å². The number of rotatable bonds is 4. The van der Waals surface area contributed by atoms with Crippen molar-refractivity contribution in [1.82, 2.24) is 5.32 Å². The second kappa shape index (κ2) is 5.55. The van der Waals surface area contributed by atoms with E-state index in [1.54, 1.807) is 0 Å². The van der Waals surface area contributed by atoms with Crippen LogP contribution in [0.15, 0.2) is 0 Å². The first-order valence-corrected chi connectivity index (χ1v) is 5.28. The third-order valence-electron chi connectivity index (χ3n) is 2.64. The molecule has 12 heavy (non-hydrogen) atoms. The zero-order valence-electron chi connectivity index (χ0n) is 8.18. The average molecular weight is 170 g/mol. The van der Waals surface area contributed by atoms with Gasteiger partial charge in [0.2, 0.25) is 0 Å². The van der Waals surface area contributed by atoms with Gasteiger partial charge in [-0.2, -0.15) is 0 Å². The van der Waals surface area contributed by atoms with E-state index in [-0.39, 0.29) is 0 Å². The van der Waals surface area contributed by atoms with Crippen molar-refractivity contribution in [2.45, 2.75) is 57.5 Å². The minimum Gasteiger partial charge on any atom is -0.328 e. The first-order chi connectivity index (χ1) is 5.79. The number of nitrogens with two attached hydrogens (primary N) is 1. The molecule has 3 N–H and O–H groups in total. The van der Waals surface area contributed by atoms with E-state index in [2.05, 4.69) is 12.2 Å². The molecule has 0 aromatic rings. The molecule has 0 radical (unpaired) electrons. The fourth-order valence-corrected chi connectivity index (χ4v) is 1.82. The van der Waals surface area contributed by atoms with E-state index >= 15 is 0 Å². The van der Waals surface area contributed by atoms with E-state index < -0.39 is 0 Å². The molecule has 72 valence electrons. The van der Waals surface area contributed by atoms with Gasteiger partial charge in [0.15, 0.2) is 0 Å². The summed E-state index contributed by atoms with van der Waals surface area (Å²) in [6.45, 7) is 3.17. The highest BCUT2D eigenvalue weighted by Gasteiger charge is 2.11. The van der Waals surface area contributed by atoms with E-state index in [1.807, 2.05) is 0 Å². The Labute approximate surface area is 75.9 Å². The Bertz CT molecular complexity index is 106. The summed E-state index contributed by atoms with van der Waals surface area (Å²) < 4.78 is 0. The second-order valence-electron chi connectivity index (χ2n) is 4.06. The fraction of sp³-hybridized carbons (Fsp3) is 1.00. The molecule has 1 aliphatic rings. The fourth-order valence-electron chi connectivity index (χ4n) is 1.82. The smallest absolute Gasteiger partial charge is 0.00670 e. The summed E-state index contributed by atoms with van der Waals surface area (Å²) in [7, 11) is 0. The van der Waals surface area contributed by atoms with Gasteiger partial charge in [-0.15, -0.1) is 0 Å². The lowest BCUT2D eigenvalue weighted by Gasteiger charge is -2.23. The molecule has 0 aliphatic heterocycles. The molecule has 2 nitrogen and oxygen atoms in total. The van der Waals surface area contributed by atoms with Gasteiger partial charge >= 0.3 is 0 Å². The molecule has 1 aliphatic carbocycles. The van der Waals surface area contributed by atoms with Crippen molar-refractivity contribution in [2.24, 2.45) is 5.73 Å². The Morgan fingerprint density at radius 2 is 2.00 bits per heavy atom. The number of hydrogen-bond donors (Lipinski definition) is 2. The van der Waals surface area contributed by atoms with Crippen LogP contribution in [0, 0.1) is 0 Å². The Kier molecular flexibility index (Phi) is 4.62. The van der Waals surface area contributed by atoms with Crippen LogP contribution >= 0.6 is 0 Å². The first-order valence-electron chi connectivity index (χ1n) is 5.28. The minimum absolute atomic E-state index is 0.348. The molecule has 1 fully saturated rings. The second-order valence-corrected chi connectivity index (χ2v) is 4.06. The highest BCUT2D eigenvalue weighted by molar-refractivity contribution is 4.72. The Morgan fingerprint density at radius 1 is 1.33 bits per heavy atom. The van der Waals surface area contributed by atoms with Crippen LogP contribution in [-0.4, -0.2) is 18.6 Å². The van der Waals surface area contributed by atoms with Crippen LogP contribution in [0.25, 0.3) is 0 Å². The maximum absolute atomic E-state index is 5.67. The summed E-state index contributed by atoms with van der Waals surface area (Å²) in [6.07, 6.45) is 8.12. The average Bonchev–Trinajstić information content (AvgIpc) is 2.05. The molecule has 0 saturated heterocycles. The largest absolute Gasteiger partial charge is 0.328 e. The summed E-state index contributed by atoms with van der Waals surface area (Å²) in [6, 6.07) is 1.14. The van der Waals surface area contributed by atoms with E-state index in [4.69, 9.17) is 5.73 Å². The van der Waals surface area contributed by atoms with Crippen molar-refractivity contribution in [1.29, 1.82) is 0 Å². The first kappa shape index (κ1) is 10.0. The monoisotopic (exact) mass is 170 g/mol. The van der Waals surface area contributed by atoms with E-state index in [1.165, 1.54) is 32.1 Å². The lowest BCUT2D eigenvalue weighted by molar-refractivity contribution is 0.368. The van der Waals surface area contributed by atoms with E-state index in [9.17, 15) is 0 Å². The van der Waals surface area contributed by atoms with Gasteiger partial charge in [0, 0.05) is 12.1 Å². The van der Waals surface area contributed by atoms with Crippen LogP contribution < -0.4 is 11.1 Å². The molecule has 2 heteroatoms. The Balaban J connectivity index is 1.98.